The quantitative estimate of drug-likeness (QED) is 0.633. The van der Waals surface area contributed by atoms with Crippen LogP contribution >= 0.6 is 0 Å². The Morgan fingerprint density at radius 3 is 1.75 bits per heavy atom. The number of nitrogens with zero attached hydrogens (tertiary/aromatic N) is 2. The lowest BCUT2D eigenvalue weighted by molar-refractivity contribution is 0.0551. The van der Waals surface area contributed by atoms with Crippen LogP contribution in [-0.4, -0.2) is 55.6 Å². The van der Waals surface area contributed by atoms with Crippen molar-refractivity contribution in [3.05, 3.63) is 0 Å². The molecular weight excluding hydrogens is 246 g/mol. The zero-order valence-corrected chi connectivity index (χ0v) is 15.1. The fourth-order valence-corrected chi connectivity index (χ4v) is 3.47. The highest BCUT2D eigenvalue weighted by molar-refractivity contribution is 4.93. The summed E-state index contributed by atoms with van der Waals surface area (Å²) >= 11 is 0. The number of rotatable bonds is 11. The highest BCUT2D eigenvalue weighted by atomic mass is 15.2. The van der Waals surface area contributed by atoms with E-state index in [2.05, 4.69) is 58.5 Å². The Labute approximate surface area is 127 Å². The van der Waals surface area contributed by atoms with Crippen molar-refractivity contribution in [1.82, 2.24) is 9.80 Å². The van der Waals surface area contributed by atoms with Gasteiger partial charge in [0.25, 0.3) is 0 Å². The summed E-state index contributed by atoms with van der Waals surface area (Å²) in [4.78, 5) is 4.92. The Hall–Kier alpha value is -0.120. The summed E-state index contributed by atoms with van der Waals surface area (Å²) < 4.78 is 0. The average molecular weight is 286 g/mol. The van der Waals surface area contributed by atoms with Gasteiger partial charge < -0.3 is 10.6 Å². The monoisotopic (exact) mass is 285 g/mol. The number of hydrogen-bond acceptors (Lipinski definition) is 3. The first-order valence-corrected chi connectivity index (χ1v) is 8.37. The van der Waals surface area contributed by atoms with E-state index in [0.29, 0.717) is 11.8 Å². The van der Waals surface area contributed by atoms with Gasteiger partial charge in [-0.1, -0.05) is 34.6 Å². The van der Waals surface area contributed by atoms with E-state index in [1.54, 1.807) is 0 Å². The second kappa shape index (κ2) is 9.75. The minimum absolute atomic E-state index is 0.184. The van der Waals surface area contributed by atoms with E-state index in [1.165, 1.54) is 19.3 Å². The molecule has 0 atom stereocenters. The van der Waals surface area contributed by atoms with Crippen molar-refractivity contribution in [2.24, 2.45) is 17.6 Å². The van der Waals surface area contributed by atoms with Gasteiger partial charge in [0.2, 0.25) is 0 Å². The molecule has 0 bridgehead atoms. The van der Waals surface area contributed by atoms with E-state index >= 15 is 0 Å². The van der Waals surface area contributed by atoms with Gasteiger partial charge in [-0.25, -0.2) is 0 Å². The minimum atomic E-state index is 0.184. The predicted molar refractivity (Wildman–Crippen MR) is 91.1 cm³/mol. The maximum Gasteiger partial charge on any atom is 0.0336 e. The summed E-state index contributed by atoms with van der Waals surface area (Å²) in [5.74, 6) is 1.39. The molecule has 0 saturated carbocycles. The lowest BCUT2D eigenvalue weighted by Gasteiger charge is -2.45. The lowest BCUT2D eigenvalue weighted by Crippen LogP contribution is -2.56. The van der Waals surface area contributed by atoms with Crippen LogP contribution in [-0.2, 0) is 0 Å². The lowest BCUT2D eigenvalue weighted by atomic mass is 9.80. The first kappa shape index (κ1) is 19.9. The normalized spacial score (nSPS) is 13.2. The van der Waals surface area contributed by atoms with Gasteiger partial charge in [0, 0.05) is 12.1 Å². The van der Waals surface area contributed by atoms with Crippen LogP contribution in [0.2, 0.25) is 0 Å². The zero-order valence-electron chi connectivity index (χ0n) is 15.1. The molecule has 0 amide bonds. The van der Waals surface area contributed by atoms with E-state index in [9.17, 15) is 0 Å². The van der Waals surface area contributed by atoms with Crippen molar-refractivity contribution in [1.29, 1.82) is 0 Å². The summed E-state index contributed by atoms with van der Waals surface area (Å²) in [5.41, 5.74) is 6.44. The van der Waals surface area contributed by atoms with Crippen molar-refractivity contribution >= 4 is 0 Å². The van der Waals surface area contributed by atoms with Gasteiger partial charge in [0.15, 0.2) is 0 Å². The minimum Gasteiger partial charge on any atom is -0.329 e. The van der Waals surface area contributed by atoms with E-state index in [0.717, 1.165) is 26.2 Å². The molecule has 0 fully saturated rings. The molecule has 0 aromatic rings. The molecule has 0 rings (SSSR count). The second-order valence-corrected chi connectivity index (χ2v) is 7.36. The Morgan fingerprint density at radius 1 is 0.950 bits per heavy atom. The van der Waals surface area contributed by atoms with Crippen molar-refractivity contribution in [2.45, 2.75) is 59.4 Å². The largest absolute Gasteiger partial charge is 0.329 e. The van der Waals surface area contributed by atoms with Gasteiger partial charge in [-0.3, -0.25) is 4.90 Å². The Kier molecular flexibility index (Phi) is 9.69. The molecule has 0 aliphatic carbocycles. The van der Waals surface area contributed by atoms with E-state index in [4.69, 9.17) is 5.73 Å². The molecule has 0 heterocycles. The highest BCUT2D eigenvalue weighted by Gasteiger charge is 2.35. The van der Waals surface area contributed by atoms with E-state index < -0.39 is 0 Å². The molecule has 0 aliphatic rings. The van der Waals surface area contributed by atoms with Crippen molar-refractivity contribution in [3.63, 3.8) is 0 Å². The predicted octanol–water partition coefficient (Wildman–Crippen LogP) is 3.05. The zero-order chi connectivity index (χ0) is 15.8. The molecule has 0 aromatic carbocycles. The second-order valence-electron chi connectivity index (χ2n) is 7.36. The highest BCUT2D eigenvalue weighted by Crippen LogP contribution is 2.30. The maximum atomic E-state index is 6.26. The van der Waals surface area contributed by atoms with Crippen molar-refractivity contribution in [2.75, 3.05) is 40.3 Å². The molecule has 0 radical (unpaired) electrons. The number of likely N-dealkylation sites (N-methyl/N-ethyl adjacent to an activating group) is 1. The molecule has 20 heavy (non-hydrogen) atoms. The van der Waals surface area contributed by atoms with Gasteiger partial charge in [-0.15, -0.1) is 0 Å². The van der Waals surface area contributed by atoms with Crippen LogP contribution in [0.15, 0.2) is 0 Å². The third kappa shape index (κ3) is 7.05. The summed E-state index contributed by atoms with van der Waals surface area (Å²) in [6.07, 6.45) is 3.63. The summed E-state index contributed by atoms with van der Waals surface area (Å²) in [5, 5.41) is 0. The summed E-state index contributed by atoms with van der Waals surface area (Å²) in [6.45, 7) is 15.7. The first-order valence-electron chi connectivity index (χ1n) is 8.37. The summed E-state index contributed by atoms with van der Waals surface area (Å²) in [7, 11) is 4.30. The average Bonchev–Trinajstić information content (AvgIpc) is 2.32. The molecule has 3 heteroatoms. The van der Waals surface area contributed by atoms with Crippen LogP contribution in [0.5, 0.6) is 0 Å². The van der Waals surface area contributed by atoms with Crippen LogP contribution in [0, 0.1) is 11.8 Å². The molecule has 0 saturated heterocycles. The first-order chi connectivity index (χ1) is 9.27. The molecule has 0 spiro atoms. The van der Waals surface area contributed by atoms with Crippen LogP contribution in [0.3, 0.4) is 0 Å². The fourth-order valence-electron chi connectivity index (χ4n) is 3.47. The Balaban J connectivity index is 4.90. The molecular formula is C17H39N3. The molecule has 3 nitrogen and oxygen atoms in total. The molecule has 122 valence electrons. The van der Waals surface area contributed by atoms with Crippen molar-refractivity contribution in [3.8, 4) is 0 Å². The summed E-state index contributed by atoms with van der Waals surface area (Å²) in [6, 6.07) is 0. The van der Waals surface area contributed by atoms with E-state index in [-0.39, 0.29) is 5.54 Å². The third-order valence-corrected chi connectivity index (χ3v) is 4.04. The standard InChI is InChI=1S/C17H39N3/c1-8-20(11-9-10-19(6)7)17(14-18,12-15(2)3)13-16(4)5/h15-16H,8-14,18H2,1-7H3. The maximum absolute atomic E-state index is 6.26. The smallest absolute Gasteiger partial charge is 0.0336 e. The van der Waals surface area contributed by atoms with Gasteiger partial charge in [-0.05, 0) is 64.8 Å². The third-order valence-electron chi connectivity index (χ3n) is 4.04. The van der Waals surface area contributed by atoms with Crippen LogP contribution in [0.1, 0.15) is 53.9 Å². The van der Waals surface area contributed by atoms with Gasteiger partial charge in [-0.2, -0.15) is 0 Å². The van der Waals surface area contributed by atoms with Crippen LogP contribution < -0.4 is 5.73 Å². The van der Waals surface area contributed by atoms with Crippen LogP contribution in [0.4, 0.5) is 0 Å². The topological polar surface area (TPSA) is 32.5 Å². The van der Waals surface area contributed by atoms with Gasteiger partial charge in [0.1, 0.15) is 0 Å². The molecule has 0 unspecified atom stereocenters. The number of nitrogens with two attached hydrogens (primary N) is 1. The van der Waals surface area contributed by atoms with Crippen molar-refractivity contribution < 1.29 is 0 Å². The fraction of sp³-hybridized carbons (Fsp3) is 1.00. The molecule has 2 N–H and O–H groups in total. The molecule has 0 aliphatic heterocycles. The van der Waals surface area contributed by atoms with Gasteiger partial charge in [0.05, 0.1) is 0 Å². The Morgan fingerprint density at radius 2 is 1.45 bits per heavy atom. The SMILES string of the molecule is CCN(CCCN(C)C)C(CN)(CC(C)C)CC(C)C. The number of hydrogen-bond donors (Lipinski definition) is 1. The Bertz CT molecular complexity index is 226. The van der Waals surface area contributed by atoms with Crippen LogP contribution in [0.25, 0.3) is 0 Å². The molecule has 0 aromatic heterocycles. The van der Waals surface area contributed by atoms with Gasteiger partial charge >= 0.3 is 0 Å². The van der Waals surface area contributed by atoms with E-state index in [1.807, 2.05) is 0 Å².